The smallest absolute Gasteiger partial charge is 0.135 e. The van der Waals surface area contributed by atoms with Crippen LogP contribution in [-0.4, -0.2) is 21.5 Å². The minimum atomic E-state index is 0.749. The van der Waals surface area contributed by atoms with E-state index in [9.17, 15) is 0 Å². The highest BCUT2D eigenvalue weighted by molar-refractivity contribution is 7.09. The van der Waals surface area contributed by atoms with Gasteiger partial charge in [-0.25, -0.2) is 15.0 Å². The standard InChI is InChI=1S/C12H14N4S/c1-8-7-17-12(15-8)4-11-14-6-9-5-13-3-2-10(9)16-11/h6-7,13H,2-5H2,1H3. The molecule has 3 heterocycles. The number of rotatable bonds is 2. The lowest BCUT2D eigenvalue weighted by Gasteiger charge is -2.15. The Morgan fingerprint density at radius 3 is 3.18 bits per heavy atom. The van der Waals surface area contributed by atoms with Gasteiger partial charge in [-0.2, -0.15) is 0 Å². The van der Waals surface area contributed by atoms with Crippen molar-refractivity contribution in [3.05, 3.63) is 39.4 Å². The quantitative estimate of drug-likeness (QED) is 0.872. The second-order valence-corrected chi connectivity index (χ2v) is 5.19. The van der Waals surface area contributed by atoms with Crippen LogP contribution >= 0.6 is 11.3 Å². The summed E-state index contributed by atoms with van der Waals surface area (Å²) in [5.74, 6) is 0.889. The largest absolute Gasteiger partial charge is 0.312 e. The van der Waals surface area contributed by atoms with Crippen molar-refractivity contribution in [3.8, 4) is 0 Å². The van der Waals surface area contributed by atoms with Crippen molar-refractivity contribution in [2.75, 3.05) is 6.54 Å². The highest BCUT2D eigenvalue weighted by atomic mass is 32.1. The SMILES string of the molecule is Cc1csc(Cc2ncc3c(n2)CCNC3)n1. The van der Waals surface area contributed by atoms with E-state index >= 15 is 0 Å². The maximum atomic E-state index is 4.63. The predicted molar refractivity (Wildman–Crippen MR) is 67.1 cm³/mol. The van der Waals surface area contributed by atoms with E-state index in [1.807, 2.05) is 13.1 Å². The van der Waals surface area contributed by atoms with Crippen LogP contribution in [0.1, 0.15) is 27.8 Å². The molecule has 1 aliphatic rings. The average Bonchev–Trinajstić information content (AvgIpc) is 2.75. The number of aromatic nitrogens is 3. The maximum absolute atomic E-state index is 4.63. The van der Waals surface area contributed by atoms with E-state index in [2.05, 4.69) is 25.6 Å². The van der Waals surface area contributed by atoms with Gasteiger partial charge < -0.3 is 5.32 Å². The van der Waals surface area contributed by atoms with E-state index in [0.717, 1.165) is 42.5 Å². The summed E-state index contributed by atoms with van der Waals surface area (Å²) < 4.78 is 0. The Kier molecular flexibility index (Phi) is 2.86. The van der Waals surface area contributed by atoms with Crippen molar-refractivity contribution < 1.29 is 0 Å². The van der Waals surface area contributed by atoms with Crippen LogP contribution in [-0.2, 0) is 19.4 Å². The van der Waals surface area contributed by atoms with Gasteiger partial charge in [-0.3, -0.25) is 0 Å². The normalized spacial score (nSPS) is 14.6. The highest BCUT2D eigenvalue weighted by Gasteiger charge is 2.12. The van der Waals surface area contributed by atoms with E-state index in [4.69, 9.17) is 0 Å². The van der Waals surface area contributed by atoms with Crippen LogP contribution in [0.5, 0.6) is 0 Å². The Labute approximate surface area is 104 Å². The molecule has 0 atom stereocenters. The molecule has 5 heteroatoms. The zero-order valence-electron chi connectivity index (χ0n) is 9.73. The van der Waals surface area contributed by atoms with Crippen LogP contribution in [0.25, 0.3) is 0 Å². The summed E-state index contributed by atoms with van der Waals surface area (Å²) in [7, 11) is 0. The maximum Gasteiger partial charge on any atom is 0.135 e. The van der Waals surface area contributed by atoms with Crippen molar-refractivity contribution in [1.82, 2.24) is 20.3 Å². The molecular weight excluding hydrogens is 232 g/mol. The van der Waals surface area contributed by atoms with Crippen LogP contribution in [0.15, 0.2) is 11.6 Å². The minimum Gasteiger partial charge on any atom is -0.312 e. The van der Waals surface area contributed by atoms with Crippen molar-refractivity contribution in [3.63, 3.8) is 0 Å². The number of thiazole rings is 1. The molecule has 0 saturated carbocycles. The molecule has 1 N–H and O–H groups in total. The van der Waals surface area contributed by atoms with E-state index in [1.165, 1.54) is 11.3 Å². The van der Waals surface area contributed by atoms with E-state index in [-0.39, 0.29) is 0 Å². The molecule has 0 amide bonds. The van der Waals surface area contributed by atoms with Crippen LogP contribution in [0, 0.1) is 6.92 Å². The molecule has 0 unspecified atom stereocenters. The third-order valence-electron chi connectivity index (χ3n) is 2.83. The zero-order chi connectivity index (χ0) is 11.7. The first-order valence-electron chi connectivity index (χ1n) is 5.76. The monoisotopic (exact) mass is 246 g/mol. The zero-order valence-corrected chi connectivity index (χ0v) is 10.5. The van der Waals surface area contributed by atoms with E-state index in [0.29, 0.717) is 0 Å². The van der Waals surface area contributed by atoms with Gasteiger partial charge in [0.2, 0.25) is 0 Å². The average molecular weight is 246 g/mol. The summed E-state index contributed by atoms with van der Waals surface area (Å²) in [4.78, 5) is 13.5. The van der Waals surface area contributed by atoms with Crippen molar-refractivity contribution in [1.29, 1.82) is 0 Å². The van der Waals surface area contributed by atoms with Crippen LogP contribution in [0.2, 0.25) is 0 Å². The van der Waals surface area contributed by atoms with Gasteiger partial charge >= 0.3 is 0 Å². The molecule has 3 rings (SSSR count). The molecule has 0 radical (unpaired) electrons. The molecule has 0 aliphatic carbocycles. The van der Waals surface area contributed by atoms with Gasteiger partial charge in [0.1, 0.15) is 10.8 Å². The fourth-order valence-corrected chi connectivity index (χ4v) is 2.75. The first-order chi connectivity index (χ1) is 8.31. The summed E-state index contributed by atoms with van der Waals surface area (Å²) >= 11 is 1.68. The van der Waals surface area contributed by atoms with Crippen molar-refractivity contribution in [2.45, 2.75) is 26.3 Å². The predicted octanol–water partition coefficient (Wildman–Crippen LogP) is 1.48. The first kappa shape index (κ1) is 10.8. The summed E-state index contributed by atoms with van der Waals surface area (Å²) in [5, 5.41) is 6.48. The second-order valence-electron chi connectivity index (χ2n) is 4.24. The van der Waals surface area contributed by atoms with Gasteiger partial charge in [-0.05, 0) is 6.92 Å². The van der Waals surface area contributed by atoms with Gasteiger partial charge in [-0.15, -0.1) is 11.3 Å². The Bertz CT molecular complexity index is 535. The van der Waals surface area contributed by atoms with E-state index < -0.39 is 0 Å². The summed E-state index contributed by atoms with van der Waals surface area (Å²) in [6, 6.07) is 0. The number of nitrogens with one attached hydrogen (secondary N) is 1. The topological polar surface area (TPSA) is 50.7 Å². The fraction of sp³-hybridized carbons (Fsp3) is 0.417. The van der Waals surface area contributed by atoms with Crippen molar-refractivity contribution >= 4 is 11.3 Å². The number of fused-ring (bicyclic) bond motifs is 1. The fourth-order valence-electron chi connectivity index (χ4n) is 1.98. The van der Waals surface area contributed by atoms with Crippen LogP contribution < -0.4 is 5.32 Å². The molecule has 2 aromatic rings. The third-order valence-corrected chi connectivity index (χ3v) is 3.80. The molecule has 0 spiro atoms. The first-order valence-corrected chi connectivity index (χ1v) is 6.64. The molecule has 4 nitrogen and oxygen atoms in total. The second kappa shape index (κ2) is 4.50. The number of hydrogen-bond acceptors (Lipinski definition) is 5. The Morgan fingerprint density at radius 1 is 1.41 bits per heavy atom. The van der Waals surface area contributed by atoms with Gasteiger partial charge in [0, 0.05) is 48.0 Å². The van der Waals surface area contributed by atoms with Gasteiger partial charge in [0.15, 0.2) is 0 Å². The molecule has 0 aromatic carbocycles. The van der Waals surface area contributed by atoms with Gasteiger partial charge in [-0.1, -0.05) is 0 Å². The number of aryl methyl sites for hydroxylation is 1. The molecule has 0 saturated heterocycles. The lowest BCUT2D eigenvalue weighted by Crippen LogP contribution is -2.25. The Morgan fingerprint density at radius 2 is 2.35 bits per heavy atom. The third kappa shape index (κ3) is 2.35. The Hall–Kier alpha value is -1.33. The molecule has 0 bridgehead atoms. The minimum absolute atomic E-state index is 0.749. The molecule has 1 aliphatic heterocycles. The number of hydrogen-bond donors (Lipinski definition) is 1. The van der Waals surface area contributed by atoms with Crippen molar-refractivity contribution in [2.24, 2.45) is 0 Å². The molecule has 88 valence electrons. The van der Waals surface area contributed by atoms with Crippen LogP contribution in [0.4, 0.5) is 0 Å². The summed E-state index contributed by atoms with van der Waals surface area (Å²) in [5.41, 5.74) is 3.50. The summed E-state index contributed by atoms with van der Waals surface area (Å²) in [6.07, 6.45) is 3.70. The van der Waals surface area contributed by atoms with Crippen LogP contribution in [0.3, 0.4) is 0 Å². The Balaban J connectivity index is 1.84. The lowest BCUT2D eigenvalue weighted by molar-refractivity contribution is 0.621. The number of nitrogens with zero attached hydrogens (tertiary/aromatic N) is 3. The molecule has 17 heavy (non-hydrogen) atoms. The molecule has 0 fully saturated rings. The highest BCUT2D eigenvalue weighted by Crippen LogP contribution is 2.14. The molecular formula is C12H14N4S. The van der Waals surface area contributed by atoms with E-state index in [1.54, 1.807) is 11.3 Å². The lowest BCUT2D eigenvalue weighted by atomic mass is 10.1. The van der Waals surface area contributed by atoms with Gasteiger partial charge in [0.05, 0.1) is 6.42 Å². The van der Waals surface area contributed by atoms with Gasteiger partial charge in [0.25, 0.3) is 0 Å². The summed E-state index contributed by atoms with van der Waals surface area (Å²) in [6.45, 7) is 3.92. The molecule has 2 aromatic heterocycles.